The van der Waals surface area contributed by atoms with Crippen LogP contribution >= 0.6 is 11.6 Å². The Hall–Kier alpha value is -0.601. The first-order chi connectivity index (χ1) is 9.22. The summed E-state index contributed by atoms with van der Waals surface area (Å²) >= 11 is 2.75. The van der Waals surface area contributed by atoms with E-state index < -0.39 is 42.3 Å². The van der Waals surface area contributed by atoms with Crippen molar-refractivity contribution in [2.24, 2.45) is 0 Å². The Morgan fingerprint density at radius 2 is 1.14 bits per heavy atom. The average molecular weight is 410 g/mol. The zero-order valence-corrected chi connectivity index (χ0v) is 12.0. The number of alkyl halides is 9. The van der Waals surface area contributed by atoms with E-state index in [1.54, 1.807) is 0 Å². The fourth-order valence-corrected chi connectivity index (χ4v) is 2.93. The van der Waals surface area contributed by atoms with Crippen LogP contribution in [-0.4, -0.2) is 37.8 Å². The van der Waals surface area contributed by atoms with Crippen molar-refractivity contribution < 1.29 is 39.5 Å². The van der Waals surface area contributed by atoms with E-state index in [0.29, 0.717) is 0 Å². The maximum absolute atomic E-state index is 13.3. The number of rotatable bonds is 4. The molecule has 1 aromatic carbocycles. The van der Waals surface area contributed by atoms with Gasteiger partial charge in [-0.05, 0) is 0 Å². The molecule has 0 aliphatic rings. The van der Waals surface area contributed by atoms with Gasteiger partial charge < -0.3 is 0 Å². The van der Waals surface area contributed by atoms with Crippen LogP contribution in [0.4, 0.5) is 39.5 Å². The molecule has 1 aromatic rings. The van der Waals surface area contributed by atoms with Gasteiger partial charge in [0.2, 0.25) is 0 Å². The van der Waals surface area contributed by atoms with E-state index in [-0.39, 0.29) is 5.02 Å². The predicted octanol–water partition coefficient (Wildman–Crippen LogP) is 4.10. The topological polar surface area (TPSA) is 0 Å². The summed E-state index contributed by atoms with van der Waals surface area (Å²) in [5.41, 5.74) is 0. The normalized spacial score (nSPS) is 14.4. The summed E-state index contributed by atoms with van der Waals surface area (Å²) in [6, 6.07) is 3.74. The Bertz CT molecular complexity index is 494. The first kappa shape index (κ1) is 18.4. The summed E-state index contributed by atoms with van der Waals surface area (Å²) < 4.78 is 113. The van der Waals surface area contributed by atoms with Crippen LogP contribution in [0.1, 0.15) is 0 Å². The van der Waals surface area contributed by atoms with Gasteiger partial charge in [0.05, 0.1) is 0 Å². The third-order valence-corrected chi connectivity index (χ3v) is 4.57. The van der Waals surface area contributed by atoms with Crippen molar-refractivity contribution in [3.63, 3.8) is 0 Å². The van der Waals surface area contributed by atoms with Gasteiger partial charge in [0, 0.05) is 0 Å². The molecular weight excluding hydrogens is 406 g/mol. The van der Waals surface area contributed by atoms with Crippen molar-refractivity contribution in [2.45, 2.75) is 22.8 Å². The van der Waals surface area contributed by atoms with Crippen molar-refractivity contribution in [1.82, 2.24) is 0 Å². The second-order valence-electron chi connectivity index (χ2n) is 3.72. The average Bonchev–Trinajstić information content (AvgIpc) is 2.30. The van der Waals surface area contributed by atoms with E-state index >= 15 is 0 Å². The first-order valence-corrected chi connectivity index (χ1v) is 6.96. The molecule has 0 fully saturated rings. The van der Waals surface area contributed by atoms with Crippen LogP contribution in [0.5, 0.6) is 0 Å². The minimum atomic E-state index is -6.85. The van der Waals surface area contributed by atoms with Gasteiger partial charge in [-0.15, -0.1) is 0 Å². The van der Waals surface area contributed by atoms with Crippen molar-refractivity contribution in [3.05, 3.63) is 29.3 Å². The SMILES string of the molecule is FC(F)(F)C(F)(F)C(F)(F)C(F)(F)[Se]c1ccc(Cl)cc1. The van der Waals surface area contributed by atoms with E-state index in [4.69, 9.17) is 11.6 Å². The fraction of sp³-hybridized carbons (Fsp3) is 0.400. The Labute approximate surface area is 123 Å². The van der Waals surface area contributed by atoms with Crippen molar-refractivity contribution >= 4 is 31.0 Å². The van der Waals surface area contributed by atoms with Gasteiger partial charge >= 0.3 is 123 Å². The summed E-state index contributed by atoms with van der Waals surface area (Å²) in [4.78, 5) is -5.55. The van der Waals surface area contributed by atoms with Crippen LogP contribution in [0.2, 0.25) is 5.02 Å². The molecular formula is C10H4ClF9Se. The monoisotopic (exact) mass is 410 g/mol. The van der Waals surface area contributed by atoms with Crippen LogP contribution in [0.3, 0.4) is 0 Å². The standard InChI is InChI=1S/C10H4ClF9Se/c11-5-1-3-6(4-2-5)21-10(19,20)8(14,15)7(12,13)9(16,17)18/h1-4H. The van der Waals surface area contributed by atoms with Gasteiger partial charge in [-0.1, -0.05) is 0 Å². The molecule has 11 heteroatoms. The third-order valence-electron chi connectivity index (χ3n) is 2.18. The molecule has 0 aromatic heterocycles. The van der Waals surface area contributed by atoms with Crippen molar-refractivity contribution in [1.29, 1.82) is 0 Å². The van der Waals surface area contributed by atoms with Gasteiger partial charge in [-0.3, -0.25) is 0 Å². The molecule has 0 N–H and O–H groups in total. The second-order valence-corrected chi connectivity index (χ2v) is 6.65. The van der Waals surface area contributed by atoms with Gasteiger partial charge in [0.15, 0.2) is 0 Å². The van der Waals surface area contributed by atoms with Crippen LogP contribution in [0.15, 0.2) is 24.3 Å². The molecule has 0 aliphatic heterocycles. The number of halogens is 10. The van der Waals surface area contributed by atoms with Crippen molar-refractivity contribution in [2.75, 3.05) is 0 Å². The molecule has 0 amide bonds. The molecule has 0 radical (unpaired) electrons. The molecule has 0 atom stereocenters. The van der Waals surface area contributed by atoms with Gasteiger partial charge in [-0.25, -0.2) is 0 Å². The molecule has 21 heavy (non-hydrogen) atoms. The molecule has 1 rings (SSSR count). The van der Waals surface area contributed by atoms with Crippen LogP contribution < -0.4 is 4.46 Å². The van der Waals surface area contributed by atoms with E-state index in [9.17, 15) is 39.5 Å². The number of hydrogen-bond acceptors (Lipinski definition) is 0. The van der Waals surface area contributed by atoms with Gasteiger partial charge in [0.25, 0.3) is 0 Å². The molecule has 120 valence electrons. The van der Waals surface area contributed by atoms with Gasteiger partial charge in [0.1, 0.15) is 0 Å². The van der Waals surface area contributed by atoms with Crippen LogP contribution in [0.25, 0.3) is 0 Å². The van der Waals surface area contributed by atoms with E-state index in [1.807, 2.05) is 0 Å². The fourth-order valence-electron chi connectivity index (χ4n) is 1.08. The predicted molar refractivity (Wildman–Crippen MR) is 57.7 cm³/mol. The first-order valence-electron chi connectivity index (χ1n) is 4.87. The Kier molecular flexibility index (Phi) is 4.88. The molecule has 0 bridgehead atoms. The van der Waals surface area contributed by atoms with Crippen molar-refractivity contribution in [3.8, 4) is 0 Å². The zero-order valence-electron chi connectivity index (χ0n) is 9.50. The maximum atomic E-state index is 13.3. The van der Waals surface area contributed by atoms with Crippen LogP contribution in [-0.2, 0) is 0 Å². The Morgan fingerprint density at radius 3 is 1.52 bits per heavy atom. The molecule has 0 unspecified atom stereocenters. The Balaban J connectivity index is 3.12. The summed E-state index contributed by atoms with van der Waals surface area (Å²) in [5, 5.41) is 0.0604. The van der Waals surface area contributed by atoms with E-state index in [1.165, 1.54) is 0 Å². The van der Waals surface area contributed by atoms with Gasteiger partial charge in [-0.2, -0.15) is 0 Å². The molecule has 0 saturated carbocycles. The van der Waals surface area contributed by atoms with Crippen LogP contribution in [0, 0.1) is 0 Å². The molecule has 0 nitrogen and oxygen atoms in total. The zero-order chi connectivity index (χ0) is 16.7. The summed E-state index contributed by atoms with van der Waals surface area (Å²) in [7, 11) is 0. The summed E-state index contributed by atoms with van der Waals surface area (Å²) in [6.45, 7) is 0. The number of hydrogen-bond donors (Lipinski definition) is 0. The van der Waals surface area contributed by atoms with E-state index in [0.717, 1.165) is 24.3 Å². The third kappa shape index (κ3) is 3.43. The quantitative estimate of drug-likeness (QED) is 0.519. The minimum absolute atomic E-state index is 0.0604. The number of benzene rings is 1. The second kappa shape index (κ2) is 5.55. The Morgan fingerprint density at radius 1 is 0.714 bits per heavy atom. The molecule has 0 saturated heterocycles. The van der Waals surface area contributed by atoms with E-state index in [2.05, 4.69) is 0 Å². The summed E-state index contributed by atoms with van der Waals surface area (Å²) in [6.07, 6.45) is -6.80. The summed E-state index contributed by atoms with van der Waals surface area (Å²) in [5.74, 6) is -13.4. The molecule has 0 heterocycles. The molecule has 0 aliphatic carbocycles. The molecule has 0 spiro atoms.